The van der Waals surface area contributed by atoms with Crippen LogP contribution in [0.3, 0.4) is 0 Å². The zero-order valence-electron chi connectivity index (χ0n) is 9.12. The Hall–Kier alpha value is -2.01. The molecule has 5 nitrogen and oxygen atoms in total. The summed E-state index contributed by atoms with van der Waals surface area (Å²) in [5.41, 5.74) is 7.35. The van der Waals surface area contributed by atoms with E-state index in [0.29, 0.717) is 22.1 Å². The molecular formula is C11H11ClN4O. The predicted molar refractivity (Wildman–Crippen MR) is 67.1 cm³/mol. The van der Waals surface area contributed by atoms with Crippen LogP contribution < -0.4 is 11.1 Å². The Labute approximate surface area is 103 Å². The smallest absolute Gasteiger partial charge is 0.258 e. The van der Waals surface area contributed by atoms with Crippen molar-refractivity contribution in [3.05, 3.63) is 40.5 Å². The van der Waals surface area contributed by atoms with Gasteiger partial charge in [0.15, 0.2) is 5.82 Å². The van der Waals surface area contributed by atoms with E-state index in [4.69, 9.17) is 17.3 Å². The standard InChI is InChI=1S/C11H11ClN4O/c1-6-2-3-7(8(12)4-6)11(17)15-10-9(13)5-14-16-10/h2-5H,13H2,1H3,(H2,14,15,16,17). The van der Waals surface area contributed by atoms with Crippen molar-refractivity contribution in [3.8, 4) is 0 Å². The Kier molecular flexibility index (Phi) is 3.01. The number of carbonyl (C=O) groups is 1. The first-order valence-electron chi connectivity index (χ1n) is 4.94. The predicted octanol–water partition coefficient (Wildman–Crippen LogP) is 2.21. The molecular weight excluding hydrogens is 240 g/mol. The van der Waals surface area contributed by atoms with E-state index in [-0.39, 0.29) is 5.91 Å². The van der Waals surface area contributed by atoms with Gasteiger partial charge < -0.3 is 11.1 Å². The number of nitrogen functional groups attached to an aromatic ring is 1. The molecule has 1 heterocycles. The van der Waals surface area contributed by atoms with Crippen LogP contribution in [-0.4, -0.2) is 16.1 Å². The third kappa shape index (κ3) is 2.39. The molecule has 4 N–H and O–H groups in total. The van der Waals surface area contributed by atoms with Gasteiger partial charge in [-0.1, -0.05) is 17.7 Å². The number of nitrogens with two attached hydrogens (primary N) is 1. The summed E-state index contributed by atoms with van der Waals surface area (Å²) in [6.07, 6.45) is 1.42. The SMILES string of the molecule is Cc1ccc(C(=O)Nc2[nH]ncc2N)c(Cl)c1. The van der Waals surface area contributed by atoms with Crippen LogP contribution in [0, 0.1) is 6.92 Å². The molecule has 0 unspecified atom stereocenters. The summed E-state index contributed by atoms with van der Waals surface area (Å²) in [5, 5.41) is 9.30. The number of halogens is 1. The molecule has 1 aromatic carbocycles. The van der Waals surface area contributed by atoms with Crippen LogP contribution in [0.5, 0.6) is 0 Å². The molecule has 0 saturated heterocycles. The van der Waals surface area contributed by atoms with Crippen molar-refractivity contribution in [1.29, 1.82) is 0 Å². The Morgan fingerprint density at radius 3 is 2.88 bits per heavy atom. The average Bonchev–Trinajstić information content (AvgIpc) is 2.64. The second kappa shape index (κ2) is 4.47. The lowest BCUT2D eigenvalue weighted by Crippen LogP contribution is -2.13. The lowest BCUT2D eigenvalue weighted by atomic mass is 10.1. The van der Waals surface area contributed by atoms with Crippen LogP contribution in [0.25, 0.3) is 0 Å². The van der Waals surface area contributed by atoms with Gasteiger partial charge in [-0.15, -0.1) is 0 Å². The highest BCUT2D eigenvalue weighted by Crippen LogP contribution is 2.20. The van der Waals surface area contributed by atoms with E-state index in [2.05, 4.69) is 15.5 Å². The van der Waals surface area contributed by atoms with E-state index < -0.39 is 0 Å². The van der Waals surface area contributed by atoms with E-state index in [1.54, 1.807) is 12.1 Å². The number of aromatic amines is 1. The minimum atomic E-state index is -0.328. The number of aryl methyl sites for hydroxylation is 1. The van der Waals surface area contributed by atoms with Gasteiger partial charge in [0, 0.05) is 0 Å². The fourth-order valence-corrected chi connectivity index (χ4v) is 1.70. The molecule has 0 bridgehead atoms. The maximum atomic E-state index is 11.9. The first kappa shape index (κ1) is 11.5. The van der Waals surface area contributed by atoms with Gasteiger partial charge in [-0.25, -0.2) is 0 Å². The highest BCUT2D eigenvalue weighted by molar-refractivity contribution is 6.34. The molecule has 0 saturated carbocycles. The molecule has 0 radical (unpaired) electrons. The molecule has 1 aromatic heterocycles. The summed E-state index contributed by atoms with van der Waals surface area (Å²) < 4.78 is 0. The van der Waals surface area contributed by atoms with Crippen molar-refractivity contribution < 1.29 is 4.79 Å². The van der Waals surface area contributed by atoms with Gasteiger partial charge in [-0.2, -0.15) is 5.10 Å². The van der Waals surface area contributed by atoms with Gasteiger partial charge in [0.1, 0.15) is 0 Å². The van der Waals surface area contributed by atoms with E-state index in [1.165, 1.54) is 6.20 Å². The zero-order valence-corrected chi connectivity index (χ0v) is 9.88. The quantitative estimate of drug-likeness (QED) is 0.764. The number of H-pyrrole nitrogens is 1. The van der Waals surface area contributed by atoms with Gasteiger partial charge in [-0.05, 0) is 24.6 Å². The normalized spacial score (nSPS) is 10.2. The lowest BCUT2D eigenvalue weighted by Gasteiger charge is -2.06. The second-order valence-electron chi connectivity index (χ2n) is 3.64. The van der Waals surface area contributed by atoms with Crippen molar-refractivity contribution in [3.63, 3.8) is 0 Å². The fraction of sp³-hybridized carbons (Fsp3) is 0.0909. The molecule has 2 aromatic rings. The van der Waals surface area contributed by atoms with Crippen molar-refractivity contribution >= 4 is 29.0 Å². The molecule has 0 spiro atoms. The molecule has 0 aliphatic carbocycles. The molecule has 0 atom stereocenters. The molecule has 0 aliphatic heterocycles. The number of hydrogen-bond donors (Lipinski definition) is 3. The molecule has 6 heteroatoms. The number of hydrogen-bond acceptors (Lipinski definition) is 3. The number of rotatable bonds is 2. The van der Waals surface area contributed by atoms with Crippen LogP contribution >= 0.6 is 11.6 Å². The summed E-state index contributed by atoms with van der Waals surface area (Å²) >= 11 is 5.99. The Morgan fingerprint density at radius 1 is 1.53 bits per heavy atom. The van der Waals surface area contributed by atoms with Crippen LogP contribution in [0.1, 0.15) is 15.9 Å². The first-order valence-corrected chi connectivity index (χ1v) is 5.32. The van der Waals surface area contributed by atoms with E-state index in [0.717, 1.165) is 5.56 Å². The van der Waals surface area contributed by atoms with E-state index in [1.807, 2.05) is 13.0 Å². The second-order valence-corrected chi connectivity index (χ2v) is 4.04. The van der Waals surface area contributed by atoms with Gasteiger partial charge in [0.05, 0.1) is 22.5 Å². The fourth-order valence-electron chi connectivity index (χ4n) is 1.38. The van der Waals surface area contributed by atoms with Crippen molar-refractivity contribution in [2.45, 2.75) is 6.92 Å². The van der Waals surface area contributed by atoms with E-state index in [9.17, 15) is 4.79 Å². The summed E-state index contributed by atoms with van der Waals surface area (Å²) in [6, 6.07) is 5.21. The number of nitrogens with one attached hydrogen (secondary N) is 2. The van der Waals surface area contributed by atoms with E-state index >= 15 is 0 Å². The lowest BCUT2D eigenvalue weighted by molar-refractivity contribution is 0.102. The number of nitrogens with zero attached hydrogens (tertiary/aromatic N) is 1. The molecule has 1 amide bonds. The monoisotopic (exact) mass is 250 g/mol. The molecule has 0 aliphatic rings. The summed E-state index contributed by atoms with van der Waals surface area (Å²) in [7, 11) is 0. The topological polar surface area (TPSA) is 83.8 Å². The molecule has 88 valence electrons. The van der Waals surface area contributed by atoms with Crippen LogP contribution in [-0.2, 0) is 0 Å². The van der Waals surface area contributed by atoms with Gasteiger partial charge in [-0.3, -0.25) is 9.89 Å². The van der Waals surface area contributed by atoms with Crippen molar-refractivity contribution in [1.82, 2.24) is 10.2 Å². The summed E-state index contributed by atoms with van der Waals surface area (Å²) in [6.45, 7) is 1.90. The highest BCUT2D eigenvalue weighted by atomic mass is 35.5. The highest BCUT2D eigenvalue weighted by Gasteiger charge is 2.12. The maximum Gasteiger partial charge on any atom is 0.258 e. The zero-order chi connectivity index (χ0) is 12.4. The molecule has 17 heavy (non-hydrogen) atoms. The Bertz CT molecular complexity index is 564. The number of aromatic nitrogens is 2. The Morgan fingerprint density at radius 2 is 2.29 bits per heavy atom. The van der Waals surface area contributed by atoms with Crippen molar-refractivity contribution in [2.24, 2.45) is 0 Å². The first-order chi connectivity index (χ1) is 8.08. The average molecular weight is 251 g/mol. The minimum absolute atomic E-state index is 0.328. The van der Waals surface area contributed by atoms with Gasteiger partial charge in [0.25, 0.3) is 5.91 Å². The minimum Gasteiger partial charge on any atom is -0.394 e. The molecule has 2 rings (SSSR count). The summed E-state index contributed by atoms with van der Waals surface area (Å²) in [5.74, 6) is 0.0394. The van der Waals surface area contributed by atoms with Crippen molar-refractivity contribution in [2.75, 3.05) is 11.1 Å². The summed E-state index contributed by atoms with van der Waals surface area (Å²) in [4.78, 5) is 11.9. The molecule has 0 fully saturated rings. The van der Waals surface area contributed by atoms with Crippen LogP contribution in [0.4, 0.5) is 11.5 Å². The Balaban J connectivity index is 2.23. The van der Waals surface area contributed by atoms with Gasteiger partial charge in [0.2, 0.25) is 0 Å². The number of anilines is 2. The van der Waals surface area contributed by atoms with Crippen LogP contribution in [0.2, 0.25) is 5.02 Å². The van der Waals surface area contributed by atoms with Crippen LogP contribution in [0.15, 0.2) is 24.4 Å². The number of carbonyl (C=O) groups excluding carboxylic acids is 1. The third-order valence-corrected chi connectivity index (χ3v) is 2.59. The number of benzene rings is 1. The van der Waals surface area contributed by atoms with Gasteiger partial charge >= 0.3 is 0 Å². The third-order valence-electron chi connectivity index (χ3n) is 2.28. The largest absolute Gasteiger partial charge is 0.394 e. The maximum absolute atomic E-state index is 11.9. The number of amides is 1.